The zero-order chi connectivity index (χ0) is 24.9. The first-order valence-electron chi connectivity index (χ1n) is 11.5. The number of aryl methyl sites for hydroxylation is 1. The molecule has 6 heteroatoms. The maximum absolute atomic E-state index is 13.6. The molecule has 1 N–H and O–H groups in total. The van der Waals surface area contributed by atoms with Crippen LogP contribution in [0.4, 0.5) is 11.4 Å². The molecule has 1 atom stereocenters. The van der Waals surface area contributed by atoms with Crippen LogP contribution in [0.3, 0.4) is 0 Å². The molecule has 0 radical (unpaired) electrons. The summed E-state index contributed by atoms with van der Waals surface area (Å²) in [7, 11) is 0. The number of anilines is 2. The molecule has 0 bridgehead atoms. The molecule has 0 spiro atoms. The number of nitrogens with zero attached hydrogens (tertiary/aromatic N) is 2. The van der Waals surface area contributed by atoms with Gasteiger partial charge in [-0.1, -0.05) is 85.8 Å². The van der Waals surface area contributed by atoms with E-state index in [2.05, 4.69) is 25.2 Å². The lowest BCUT2D eigenvalue weighted by Gasteiger charge is -2.19. The molecule has 1 fully saturated rings. The predicted octanol–water partition coefficient (Wildman–Crippen LogP) is 6.18. The summed E-state index contributed by atoms with van der Waals surface area (Å²) in [5.74, 6) is -0.318. The lowest BCUT2D eigenvalue weighted by molar-refractivity contribution is -0.117. The van der Waals surface area contributed by atoms with Crippen LogP contribution in [-0.2, 0) is 16.0 Å². The van der Waals surface area contributed by atoms with Crippen LogP contribution in [0.1, 0.15) is 36.5 Å². The number of thioether (sulfide) groups is 1. The summed E-state index contributed by atoms with van der Waals surface area (Å²) < 4.78 is 0. The Morgan fingerprint density at radius 1 is 1.03 bits per heavy atom. The van der Waals surface area contributed by atoms with E-state index in [1.54, 1.807) is 12.1 Å². The van der Waals surface area contributed by atoms with Crippen molar-refractivity contribution >= 4 is 35.0 Å². The molecule has 0 saturated carbocycles. The van der Waals surface area contributed by atoms with E-state index >= 15 is 0 Å². The van der Waals surface area contributed by atoms with Crippen LogP contribution in [0.5, 0.6) is 0 Å². The third-order valence-electron chi connectivity index (χ3n) is 5.90. The summed E-state index contributed by atoms with van der Waals surface area (Å²) in [4.78, 5) is 28.3. The summed E-state index contributed by atoms with van der Waals surface area (Å²) in [6.45, 7) is 6.18. The van der Waals surface area contributed by atoms with E-state index in [0.717, 1.165) is 16.7 Å². The fraction of sp³-hybridized carbons (Fsp3) is 0.207. The quantitative estimate of drug-likeness (QED) is 0.337. The SMILES string of the molecule is Cc1ccc(NC(=O)/C(C#N)=C2\SC(Cc3ccccc3)C(=O)N2c2ccc(C(C)C)cc2)cc1. The van der Waals surface area contributed by atoms with Crippen LogP contribution in [-0.4, -0.2) is 17.1 Å². The van der Waals surface area contributed by atoms with Crippen LogP contribution < -0.4 is 10.2 Å². The highest BCUT2D eigenvalue weighted by Gasteiger charge is 2.40. The molecular weight excluding hydrogens is 454 g/mol. The second-order valence-electron chi connectivity index (χ2n) is 8.83. The van der Waals surface area contributed by atoms with E-state index in [0.29, 0.717) is 28.7 Å². The monoisotopic (exact) mass is 481 g/mol. The van der Waals surface area contributed by atoms with Crippen molar-refractivity contribution in [1.29, 1.82) is 5.26 Å². The first kappa shape index (κ1) is 24.3. The number of nitrogens with one attached hydrogen (secondary N) is 1. The molecule has 0 aromatic heterocycles. The Morgan fingerprint density at radius 2 is 1.69 bits per heavy atom. The molecule has 1 heterocycles. The summed E-state index contributed by atoms with van der Waals surface area (Å²) in [6.07, 6.45) is 0.507. The molecule has 1 unspecified atom stereocenters. The number of carbonyl (C=O) groups is 2. The molecule has 176 valence electrons. The number of rotatable bonds is 6. The molecule has 2 amide bonds. The summed E-state index contributed by atoms with van der Waals surface area (Å²) in [6, 6.07) is 26.9. The predicted molar refractivity (Wildman–Crippen MR) is 142 cm³/mol. The number of hydrogen-bond donors (Lipinski definition) is 1. The molecule has 3 aromatic rings. The Hall–Kier alpha value is -3.82. The molecule has 0 aliphatic carbocycles. The molecule has 4 rings (SSSR count). The Morgan fingerprint density at radius 3 is 2.29 bits per heavy atom. The fourth-order valence-corrected chi connectivity index (χ4v) is 5.20. The van der Waals surface area contributed by atoms with Gasteiger partial charge in [0.1, 0.15) is 16.7 Å². The Balaban J connectivity index is 1.72. The van der Waals surface area contributed by atoms with Crippen LogP contribution >= 0.6 is 11.8 Å². The van der Waals surface area contributed by atoms with Crippen molar-refractivity contribution in [2.75, 3.05) is 10.2 Å². The van der Waals surface area contributed by atoms with Crippen molar-refractivity contribution < 1.29 is 9.59 Å². The van der Waals surface area contributed by atoms with E-state index in [4.69, 9.17) is 0 Å². The van der Waals surface area contributed by atoms with E-state index in [1.165, 1.54) is 16.7 Å². The molecule has 3 aromatic carbocycles. The highest BCUT2D eigenvalue weighted by atomic mass is 32.2. The summed E-state index contributed by atoms with van der Waals surface area (Å²) in [5.41, 5.74) is 4.41. The minimum Gasteiger partial charge on any atom is -0.321 e. The van der Waals surface area contributed by atoms with Gasteiger partial charge >= 0.3 is 0 Å². The van der Waals surface area contributed by atoms with E-state index < -0.39 is 11.2 Å². The minimum atomic E-state index is -0.532. The van der Waals surface area contributed by atoms with Crippen molar-refractivity contribution in [3.63, 3.8) is 0 Å². The maximum Gasteiger partial charge on any atom is 0.269 e. The third kappa shape index (κ3) is 5.47. The first-order chi connectivity index (χ1) is 16.9. The van der Waals surface area contributed by atoms with E-state index in [9.17, 15) is 14.9 Å². The molecular formula is C29H27N3O2S. The van der Waals surface area contributed by atoms with Crippen molar-refractivity contribution in [3.8, 4) is 6.07 Å². The number of hydrogen-bond acceptors (Lipinski definition) is 4. The van der Waals surface area contributed by atoms with Gasteiger partial charge in [0.05, 0.1) is 5.25 Å². The molecule has 1 aliphatic rings. The van der Waals surface area contributed by atoms with Crippen LogP contribution in [0.2, 0.25) is 0 Å². The molecule has 5 nitrogen and oxygen atoms in total. The van der Waals surface area contributed by atoms with Gasteiger partial charge in [-0.3, -0.25) is 14.5 Å². The lowest BCUT2D eigenvalue weighted by Crippen LogP contribution is -2.31. The number of carbonyl (C=O) groups excluding carboxylic acids is 2. The van der Waals surface area contributed by atoms with Gasteiger partial charge in [0.2, 0.25) is 5.91 Å². The maximum atomic E-state index is 13.6. The normalized spacial score (nSPS) is 16.8. The van der Waals surface area contributed by atoms with Gasteiger partial charge in [0.15, 0.2) is 0 Å². The zero-order valence-electron chi connectivity index (χ0n) is 20.0. The first-order valence-corrected chi connectivity index (χ1v) is 12.4. The van der Waals surface area contributed by atoms with Gasteiger partial charge in [-0.05, 0) is 54.7 Å². The molecule has 1 aliphatic heterocycles. The van der Waals surface area contributed by atoms with Gasteiger partial charge in [-0.25, -0.2) is 0 Å². The number of amides is 2. The van der Waals surface area contributed by atoms with Crippen LogP contribution in [0.25, 0.3) is 0 Å². The van der Waals surface area contributed by atoms with Crippen LogP contribution in [0, 0.1) is 18.3 Å². The van der Waals surface area contributed by atoms with E-state index in [1.807, 2.05) is 73.7 Å². The average molecular weight is 482 g/mol. The standard InChI is InChI=1S/C29H27N3O2S/c1-19(2)22-11-15-24(16-12-22)32-28(34)26(17-21-7-5-4-6-8-21)35-29(32)25(18-30)27(33)31-23-13-9-20(3)10-14-23/h4-16,19,26H,17H2,1-3H3,(H,31,33)/b29-25-. The third-order valence-corrected chi connectivity index (χ3v) is 7.16. The fourth-order valence-electron chi connectivity index (χ4n) is 3.89. The van der Waals surface area contributed by atoms with Crippen molar-refractivity contribution in [3.05, 3.63) is 106 Å². The summed E-state index contributed by atoms with van der Waals surface area (Å²) in [5, 5.41) is 12.7. The lowest BCUT2D eigenvalue weighted by atomic mass is 10.0. The van der Waals surface area contributed by atoms with Gasteiger partial charge < -0.3 is 5.32 Å². The largest absolute Gasteiger partial charge is 0.321 e. The Kier molecular flexibility index (Phi) is 7.38. The Bertz CT molecular complexity index is 1290. The average Bonchev–Trinajstić information content (AvgIpc) is 3.17. The van der Waals surface area contributed by atoms with Crippen molar-refractivity contribution in [1.82, 2.24) is 0 Å². The van der Waals surface area contributed by atoms with E-state index in [-0.39, 0.29) is 11.5 Å². The summed E-state index contributed by atoms with van der Waals surface area (Å²) >= 11 is 1.27. The smallest absolute Gasteiger partial charge is 0.269 e. The highest BCUT2D eigenvalue weighted by molar-refractivity contribution is 8.05. The topological polar surface area (TPSA) is 73.2 Å². The minimum absolute atomic E-state index is 0.0765. The molecule has 1 saturated heterocycles. The van der Waals surface area contributed by atoms with Gasteiger partial charge in [-0.2, -0.15) is 5.26 Å². The van der Waals surface area contributed by atoms with Gasteiger partial charge in [0, 0.05) is 11.4 Å². The number of nitriles is 1. The van der Waals surface area contributed by atoms with Gasteiger partial charge in [-0.15, -0.1) is 0 Å². The second kappa shape index (κ2) is 10.6. The zero-order valence-corrected chi connectivity index (χ0v) is 20.8. The Labute approximate surface area is 210 Å². The second-order valence-corrected chi connectivity index (χ2v) is 10.0. The van der Waals surface area contributed by atoms with Crippen LogP contribution in [0.15, 0.2) is 89.5 Å². The van der Waals surface area contributed by atoms with Crippen molar-refractivity contribution in [2.45, 2.75) is 38.4 Å². The molecule has 35 heavy (non-hydrogen) atoms. The van der Waals surface area contributed by atoms with Crippen molar-refractivity contribution in [2.24, 2.45) is 0 Å². The van der Waals surface area contributed by atoms with Gasteiger partial charge in [0.25, 0.3) is 5.91 Å². The number of benzene rings is 3. The highest BCUT2D eigenvalue weighted by Crippen LogP contribution is 2.42.